The molecule has 1 amide bonds. The number of nitrogens with one attached hydrogen (secondary N) is 1. The van der Waals surface area contributed by atoms with Gasteiger partial charge in [-0.2, -0.15) is 4.31 Å². The molecule has 2 heterocycles. The van der Waals surface area contributed by atoms with Crippen molar-refractivity contribution >= 4 is 27.6 Å². The summed E-state index contributed by atoms with van der Waals surface area (Å²) in [5.41, 5.74) is 2.59. The minimum Gasteiger partial charge on any atom is -0.462 e. The Kier molecular flexibility index (Phi) is 6.05. The summed E-state index contributed by atoms with van der Waals surface area (Å²) in [5, 5.41) is 0. The summed E-state index contributed by atoms with van der Waals surface area (Å²) in [6, 6.07) is 7.55. The minimum atomic E-state index is -4.11. The van der Waals surface area contributed by atoms with E-state index in [2.05, 4.69) is 4.98 Å². The minimum absolute atomic E-state index is 0.0199. The van der Waals surface area contributed by atoms with Gasteiger partial charge in [-0.05, 0) is 45.7 Å². The van der Waals surface area contributed by atoms with Crippen LogP contribution in [-0.2, 0) is 26.0 Å². The topological polar surface area (TPSA) is 99.8 Å². The van der Waals surface area contributed by atoms with Crippen LogP contribution in [0.15, 0.2) is 29.2 Å². The third-order valence-electron chi connectivity index (χ3n) is 5.30. The molecule has 0 aliphatic carbocycles. The number of para-hydroxylation sites is 1. The molecule has 0 saturated heterocycles. The monoisotopic (exact) mass is 433 g/mol. The Morgan fingerprint density at radius 2 is 1.90 bits per heavy atom. The van der Waals surface area contributed by atoms with Crippen LogP contribution in [-0.4, -0.2) is 55.8 Å². The van der Waals surface area contributed by atoms with Crippen LogP contribution < -0.4 is 4.90 Å². The molecule has 30 heavy (non-hydrogen) atoms. The second kappa shape index (κ2) is 8.23. The number of carbonyl (C=O) groups excluding carboxylic acids is 2. The zero-order chi connectivity index (χ0) is 22.2. The van der Waals surface area contributed by atoms with Crippen molar-refractivity contribution in [3.63, 3.8) is 0 Å². The van der Waals surface area contributed by atoms with Crippen LogP contribution >= 0.6 is 0 Å². The number of hydrogen-bond acceptors (Lipinski definition) is 5. The van der Waals surface area contributed by atoms with E-state index >= 15 is 0 Å². The molecular formula is C21H27N3O5S. The Balaban J connectivity index is 1.90. The lowest BCUT2D eigenvalue weighted by atomic mass is 10.1. The first-order valence-corrected chi connectivity index (χ1v) is 11.3. The van der Waals surface area contributed by atoms with Crippen LogP contribution in [0, 0.1) is 13.8 Å². The van der Waals surface area contributed by atoms with Gasteiger partial charge in [-0.1, -0.05) is 18.2 Å². The molecule has 2 aromatic rings. The predicted molar refractivity (Wildman–Crippen MR) is 113 cm³/mol. The number of nitrogens with zero attached hydrogens (tertiary/aromatic N) is 2. The standard InChI is InChI=1S/C21H27N3O5S/c1-6-29-21(26)19-14(3)22-15(4)20(19)30(27,28)23(5)12-18(25)24-13(2)11-16-9-7-8-10-17(16)24/h7-10,13,22H,6,11-12H2,1-5H3. The van der Waals surface area contributed by atoms with Crippen LogP contribution in [0.3, 0.4) is 0 Å². The Morgan fingerprint density at radius 1 is 1.23 bits per heavy atom. The van der Waals surface area contributed by atoms with E-state index in [-0.39, 0.29) is 35.6 Å². The third-order valence-corrected chi connectivity index (χ3v) is 7.28. The first-order chi connectivity index (χ1) is 14.1. The highest BCUT2D eigenvalue weighted by molar-refractivity contribution is 7.89. The number of anilines is 1. The number of rotatable bonds is 6. The summed E-state index contributed by atoms with van der Waals surface area (Å²) in [5.74, 6) is -1.03. The van der Waals surface area contributed by atoms with E-state index in [1.807, 2.05) is 31.2 Å². The normalized spacial score (nSPS) is 16.1. The molecule has 1 aliphatic rings. The number of aromatic amines is 1. The van der Waals surface area contributed by atoms with E-state index in [0.29, 0.717) is 11.4 Å². The molecule has 0 fully saturated rings. The number of carbonyl (C=O) groups is 2. The number of amides is 1. The number of fused-ring (bicyclic) bond motifs is 1. The largest absolute Gasteiger partial charge is 0.462 e. The Labute approximate surface area is 176 Å². The van der Waals surface area contributed by atoms with Crippen molar-refractivity contribution in [1.82, 2.24) is 9.29 Å². The second-order valence-corrected chi connectivity index (χ2v) is 9.49. The summed E-state index contributed by atoms with van der Waals surface area (Å²) >= 11 is 0. The van der Waals surface area contributed by atoms with E-state index in [1.54, 1.807) is 25.7 Å². The van der Waals surface area contributed by atoms with Gasteiger partial charge in [-0.25, -0.2) is 13.2 Å². The van der Waals surface area contributed by atoms with Gasteiger partial charge >= 0.3 is 5.97 Å². The smallest absolute Gasteiger partial charge is 0.341 e. The fourth-order valence-corrected chi connectivity index (χ4v) is 5.51. The van der Waals surface area contributed by atoms with Gasteiger partial charge in [0.15, 0.2) is 0 Å². The quantitative estimate of drug-likeness (QED) is 0.705. The van der Waals surface area contributed by atoms with Crippen molar-refractivity contribution in [1.29, 1.82) is 0 Å². The number of ether oxygens (including phenoxy) is 1. The molecule has 0 saturated carbocycles. The van der Waals surface area contributed by atoms with Crippen molar-refractivity contribution in [3.8, 4) is 0 Å². The molecule has 0 bridgehead atoms. The van der Waals surface area contributed by atoms with E-state index in [0.717, 1.165) is 22.0 Å². The molecular weight excluding hydrogens is 406 g/mol. The van der Waals surface area contributed by atoms with Crippen LogP contribution in [0.2, 0.25) is 0 Å². The average molecular weight is 434 g/mol. The third kappa shape index (κ3) is 3.75. The summed E-state index contributed by atoms with van der Waals surface area (Å²) in [6.07, 6.45) is 0.724. The number of aryl methyl sites for hydroxylation is 2. The first-order valence-electron chi connectivity index (χ1n) is 9.82. The maximum atomic E-state index is 13.3. The number of hydrogen-bond donors (Lipinski definition) is 1. The molecule has 0 spiro atoms. The molecule has 1 atom stereocenters. The average Bonchev–Trinajstić information content (AvgIpc) is 3.16. The number of H-pyrrole nitrogens is 1. The highest BCUT2D eigenvalue weighted by Gasteiger charge is 2.36. The number of aromatic nitrogens is 1. The molecule has 0 radical (unpaired) electrons. The molecule has 1 aromatic carbocycles. The van der Waals surface area contributed by atoms with Gasteiger partial charge in [0, 0.05) is 30.2 Å². The van der Waals surface area contributed by atoms with Crippen molar-refractivity contribution in [2.45, 2.75) is 45.1 Å². The second-order valence-electron chi connectivity index (χ2n) is 7.51. The Morgan fingerprint density at radius 3 is 2.57 bits per heavy atom. The van der Waals surface area contributed by atoms with Gasteiger partial charge in [-0.3, -0.25) is 4.79 Å². The van der Waals surface area contributed by atoms with E-state index in [9.17, 15) is 18.0 Å². The van der Waals surface area contributed by atoms with E-state index < -0.39 is 16.0 Å². The van der Waals surface area contributed by atoms with Crippen LogP contribution in [0.4, 0.5) is 5.69 Å². The summed E-state index contributed by atoms with van der Waals surface area (Å²) in [7, 11) is -2.76. The van der Waals surface area contributed by atoms with Crippen molar-refractivity contribution in [3.05, 3.63) is 46.8 Å². The molecule has 8 nitrogen and oxygen atoms in total. The maximum absolute atomic E-state index is 13.3. The number of benzene rings is 1. The SMILES string of the molecule is CCOC(=O)c1c(C)[nH]c(C)c1S(=O)(=O)N(C)CC(=O)N1c2ccccc2CC1C. The molecule has 3 rings (SSSR count). The lowest BCUT2D eigenvalue weighted by Gasteiger charge is -2.25. The molecule has 162 valence electrons. The van der Waals surface area contributed by atoms with Gasteiger partial charge in [0.05, 0.1) is 13.2 Å². The number of esters is 1. The molecule has 1 aromatic heterocycles. The van der Waals surface area contributed by atoms with Gasteiger partial charge in [-0.15, -0.1) is 0 Å². The molecule has 9 heteroatoms. The van der Waals surface area contributed by atoms with Gasteiger partial charge in [0.25, 0.3) is 0 Å². The summed E-state index contributed by atoms with van der Waals surface area (Å²) in [4.78, 5) is 29.8. The van der Waals surface area contributed by atoms with Crippen molar-refractivity contribution in [2.24, 2.45) is 0 Å². The maximum Gasteiger partial charge on any atom is 0.341 e. The van der Waals surface area contributed by atoms with E-state index in [1.165, 1.54) is 7.05 Å². The van der Waals surface area contributed by atoms with Crippen LogP contribution in [0.5, 0.6) is 0 Å². The summed E-state index contributed by atoms with van der Waals surface area (Å²) in [6.45, 7) is 6.57. The zero-order valence-electron chi connectivity index (χ0n) is 17.9. The predicted octanol–water partition coefficient (Wildman–Crippen LogP) is 2.41. The highest BCUT2D eigenvalue weighted by atomic mass is 32.2. The van der Waals surface area contributed by atoms with Gasteiger partial charge in [0.2, 0.25) is 15.9 Å². The fourth-order valence-electron chi connectivity index (χ4n) is 3.98. The molecule has 1 aliphatic heterocycles. The molecule has 1 unspecified atom stereocenters. The highest BCUT2D eigenvalue weighted by Crippen LogP contribution is 2.32. The van der Waals surface area contributed by atoms with Crippen LogP contribution in [0.25, 0.3) is 0 Å². The van der Waals surface area contributed by atoms with Crippen molar-refractivity contribution in [2.75, 3.05) is 25.1 Å². The van der Waals surface area contributed by atoms with Crippen LogP contribution in [0.1, 0.15) is 41.2 Å². The lowest BCUT2D eigenvalue weighted by molar-refractivity contribution is -0.118. The van der Waals surface area contributed by atoms with Gasteiger partial charge in [0.1, 0.15) is 10.5 Å². The van der Waals surface area contributed by atoms with Crippen molar-refractivity contribution < 1.29 is 22.7 Å². The number of likely N-dealkylation sites (N-methyl/N-ethyl adjacent to an activating group) is 1. The number of sulfonamides is 1. The summed E-state index contributed by atoms with van der Waals surface area (Å²) < 4.78 is 32.6. The zero-order valence-corrected chi connectivity index (χ0v) is 18.7. The van der Waals surface area contributed by atoms with E-state index in [4.69, 9.17) is 4.74 Å². The Hall–Kier alpha value is -2.65. The first kappa shape index (κ1) is 22.0. The Bertz CT molecular complexity index is 1090. The molecule has 1 N–H and O–H groups in total. The lowest BCUT2D eigenvalue weighted by Crippen LogP contribution is -2.43. The van der Waals surface area contributed by atoms with Gasteiger partial charge < -0.3 is 14.6 Å². The fraction of sp³-hybridized carbons (Fsp3) is 0.429.